The Labute approximate surface area is 169 Å². The highest BCUT2D eigenvalue weighted by atomic mass is 35.5. The predicted molar refractivity (Wildman–Crippen MR) is 104 cm³/mol. The van der Waals surface area contributed by atoms with Crippen LogP contribution in [0.25, 0.3) is 22.3 Å². The highest BCUT2D eigenvalue weighted by Gasteiger charge is 2.22. The van der Waals surface area contributed by atoms with Crippen molar-refractivity contribution in [1.29, 1.82) is 0 Å². The second-order valence-electron chi connectivity index (χ2n) is 6.35. The Morgan fingerprint density at radius 2 is 1.93 bits per heavy atom. The first-order chi connectivity index (χ1) is 14.0. The lowest BCUT2D eigenvalue weighted by Crippen LogP contribution is -2.37. The Morgan fingerprint density at radius 1 is 1.17 bits per heavy atom. The smallest absolute Gasteiger partial charge is 0.356 e. The van der Waals surface area contributed by atoms with Crippen molar-refractivity contribution in [2.45, 2.75) is 0 Å². The zero-order chi connectivity index (χ0) is 20.5. The molecule has 4 rings (SSSR count). The highest BCUT2D eigenvalue weighted by Crippen LogP contribution is 2.33. The van der Waals surface area contributed by atoms with Gasteiger partial charge in [0.2, 0.25) is 5.95 Å². The fourth-order valence-corrected chi connectivity index (χ4v) is 3.32. The number of esters is 1. The number of aromatic hydroxyl groups is 1. The van der Waals surface area contributed by atoms with E-state index in [1.807, 2.05) is 4.90 Å². The zero-order valence-electron chi connectivity index (χ0n) is 15.4. The fourth-order valence-electron chi connectivity index (χ4n) is 3.08. The normalized spacial score (nSPS) is 14.2. The van der Waals surface area contributed by atoms with Crippen molar-refractivity contribution in [1.82, 2.24) is 15.0 Å². The van der Waals surface area contributed by atoms with Crippen LogP contribution in [0, 0.1) is 5.82 Å². The Bertz CT molecular complexity index is 1080. The SMILES string of the molecule is COC(=O)c1cc(Cl)c2nc(N3CCOCC3)nc(-c3cc(O)cc(F)c3)c2n1. The number of nitrogens with zero attached hydrogens (tertiary/aromatic N) is 4. The third-order valence-electron chi connectivity index (χ3n) is 4.44. The van der Waals surface area contributed by atoms with Gasteiger partial charge in [0.05, 0.1) is 25.3 Å². The lowest BCUT2D eigenvalue weighted by molar-refractivity contribution is 0.0594. The standard InChI is InChI=1S/C19H16ClFN4O4/c1-28-18(27)14-9-13(20)16-17(22-14)15(10-6-11(21)8-12(26)7-10)23-19(24-16)25-2-4-29-5-3-25/h6-9,26H,2-5H2,1H3. The van der Waals surface area contributed by atoms with Crippen LogP contribution in [0.2, 0.25) is 5.02 Å². The average molecular weight is 419 g/mol. The number of hydrogen-bond donors (Lipinski definition) is 1. The number of benzene rings is 1. The molecule has 0 spiro atoms. The number of phenols is 1. The van der Waals surface area contributed by atoms with Crippen LogP contribution in [0.4, 0.5) is 10.3 Å². The Hall–Kier alpha value is -3.04. The number of phenolic OH excluding ortho intramolecular Hbond substituents is 1. The third kappa shape index (κ3) is 3.79. The van der Waals surface area contributed by atoms with E-state index in [1.165, 1.54) is 25.3 Å². The molecule has 3 heterocycles. The van der Waals surface area contributed by atoms with E-state index in [0.717, 1.165) is 6.07 Å². The van der Waals surface area contributed by atoms with Gasteiger partial charge in [0.25, 0.3) is 0 Å². The zero-order valence-corrected chi connectivity index (χ0v) is 16.1. The van der Waals surface area contributed by atoms with Crippen LogP contribution < -0.4 is 4.90 Å². The van der Waals surface area contributed by atoms with Crippen LogP contribution in [-0.4, -0.2) is 59.4 Å². The van der Waals surface area contributed by atoms with Crippen molar-refractivity contribution in [2.24, 2.45) is 0 Å². The van der Waals surface area contributed by atoms with Crippen LogP contribution in [-0.2, 0) is 9.47 Å². The number of ether oxygens (including phenoxy) is 2. The maximum atomic E-state index is 14.0. The molecule has 0 amide bonds. The van der Waals surface area contributed by atoms with E-state index in [0.29, 0.717) is 37.8 Å². The molecule has 1 aliphatic rings. The summed E-state index contributed by atoms with van der Waals surface area (Å²) in [5.74, 6) is -1.22. The number of pyridine rings is 1. The number of anilines is 1. The number of rotatable bonds is 3. The van der Waals surface area contributed by atoms with Crippen molar-refractivity contribution in [3.05, 3.63) is 40.8 Å². The van der Waals surface area contributed by atoms with Crippen LogP contribution >= 0.6 is 11.6 Å². The van der Waals surface area contributed by atoms with E-state index in [1.54, 1.807) is 0 Å². The molecule has 0 bridgehead atoms. The van der Waals surface area contributed by atoms with Crippen molar-refractivity contribution in [2.75, 3.05) is 38.3 Å². The molecule has 10 heteroatoms. The number of morpholine rings is 1. The largest absolute Gasteiger partial charge is 0.508 e. The van der Waals surface area contributed by atoms with Gasteiger partial charge in [-0.3, -0.25) is 0 Å². The summed E-state index contributed by atoms with van der Waals surface area (Å²) in [6, 6.07) is 4.91. The molecule has 2 aromatic heterocycles. The van der Waals surface area contributed by atoms with Crippen molar-refractivity contribution in [3.8, 4) is 17.0 Å². The summed E-state index contributed by atoms with van der Waals surface area (Å²) in [4.78, 5) is 27.2. The molecule has 1 aliphatic heterocycles. The predicted octanol–water partition coefficient (Wildman–Crippen LogP) is 2.81. The topological polar surface area (TPSA) is 97.7 Å². The number of carbonyl (C=O) groups is 1. The van der Waals surface area contributed by atoms with Gasteiger partial charge in [-0.2, -0.15) is 0 Å². The fraction of sp³-hybridized carbons (Fsp3) is 0.263. The first-order valence-electron chi connectivity index (χ1n) is 8.75. The van der Waals surface area contributed by atoms with Gasteiger partial charge in [0, 0.05) is 24.7 Å². The minimum absolute atomic E-state index is 0.0328. The molecule has 1 fully saturated rings. The summed E-state index contributed by atoms with van der Waals surface area (Å²) < 4.78 is 24.0. The lowest BCUT2D eigenvalue weighted by atomic mass is 10.1. The number of halogens is 2. The molecular weight excluding hydrogens is 403 g/mol. The van der Waals surface area contributed by atoms with E-state index in [2.05, 4.69) is 15.0 Å². The summed E-state index contributed by atoms with van der Waals surface area (Å²) in [5, 5.41) is 10.0. The molecule has 1 saturated heterocycles. The van der Waals surface area contributed by atoms with Gasteiger partial charge < -0.3 is 19.5 Å². The van der Waals surface area contributed by atoms with Crippen molar-refractivity contribution < 1.29 is 23.8 Å². The van der Waals surface area contributed by atoms with E-state index in [4.69, 9.17) is 21.1 Å². The van der Waals surface area contributed by atoms with Crippen molar-refractivity contribution in [3.63, 3.8) is 0 Å². The molecule has 29 heavy (non-hydrogen) atoms. The molecule has 150 valence electrons. The van der Waals surface area contributed by atoms with Gasteiger partial charge in [-0.05, 0) is 18.2 Å². The van der Waals surface area contributed by atoms with Gasteiger partial charge >= 0.3 is 5.97 Å². The summed E-state index contributed by atoms with van der Waals surface area (Å²) in [7, 11) is 1.23. The molecule has 0 atom stereocenters. The monoisotopic (exact) mass is 418 g/mol. The van der Waals surface area contributed by atoms with Crippen LogP contribution in [0.5, 0.6) is 5.75 Å². The molecule has 0 aliphatic carbocycles. The van der Waals surface area contributed by atoms with Crippen LogP contribution in [0.1, 0.15) is 10.5 Å². The van der Waals surface area contributed by atoms with E-state index in [-0.39, 0.29) is 33.2 Å². The van der Waals surface area contributed by atoms with Gasteiger partial charge in [-0.1, -0.05) is 11.6 Å². The minimum Gasteiger partial charge on any atom is -0.508 e. The molecule has 0 radical (unpaired) electrons. The van der Waals surface area contributed by atoms with Crippen molar-refractivity contribution >= 4 is 34.6 Å². The quantitative estimate of drug-likeness (QED) is 0.648. The second kappa shape index (κ2) is 7.76. The maximum absolute atomic E-state index is 14.0. The molecule has 0 unspecified atom stereocenters. The lowest BCUT2D eigenvalue weighted by Gasteiger charge is -2.27. The summed E-state index contributed by atoms with van der Waals surface area (Å²) in [6.07, 6.45) is 0. The molecule has 0 saturated carbocycles. The number of methoxy groups -OCH3 is 1. The minimum atomic E-state index is -0.681. The van der Waals surface area contributed by atoms with Crippen LogP contribution in [0.15, 0.2) is 24.3 Å². The Balaban J connectivity index is 2.00. The van der Waals surface area contributed by atoms with E-state index < -0.39 is 11.8 Å². The molecule has 1 aromatic carbocycles. The molecule has 3 aromatic rings. The summed E-state index contributed by atoms with van der Waals surface area (Å²) in [5.41, 5.74) is 0.970. The maximum Gasteiger partial charge on any atom is 0.356 e. The van der Waals surface area contributed by atoms with Gasteiger partial charge in [-0.15, -0.1) is 0 Å². The number of carbonyl (C=O) groups excluding carboxylic acids is 1. The van der Waals surface area contributed by atoms with Crippen LogP contribution in [0.3, 0.4) is 0 Å². The number of aromatic nitrogens is 3. The first-order valence-corrected chi connectivity index (χ1v) is 9.13. The summed E-state index contributed by atoms with van der Waals surface area (Å²) >= 11 is 6.39. The molecule has 1 N–H and O–H groups in total. The number of fused-ring (bicyclic) bond motifs is 1. The van der Waals surface area contributed by atoms with Gasteiger partial charge in [0.1, 0.15) is 28.3 Å². The Kier molecular flexibility index (Phi) is 5.16. The molecular formula is C19H16ClFN4O4. The van der Waals surface area contributed by atoms with E-state index in [9.17, 15) is 14.3 Å². The first kappa shape index (κ1) is 19.3. The second-order valence-corrected chi connectivity index (χ2v) is 6.76. The molecule has 8 nitrogen and oxygen atoms in total. The number of hydrogen-bond acceptors (Lipinski definition) is 8. The van der Waals surface area contributed by atoms with Gasteiger partial charge in [-0.25, -0.2) is 24.1 Å². The third-order valence-corrected chi connectivity index (χ3v) is 4.73. The van der Waals surface area contributed by atoms with E-state index >= 15 is 0 Å². The summed E-state index contributed by atoms with van der Waals surface area (Å²) in [6.45, 7) is 2.19. The van der Waals surface area contributed by atoms with Gasteiger partial charge in [0.15, 0.2) is 5.69 Å². The highest BCUT2D eigenvalue weighted by molar-refractivity contribution is 6.35. The average Bonchev–Trinajstić information content (AvgIpc) is 2.72. The Morgan fingerprint density at radius 3 is 2.62 bits per heavy atom.